The highest BCUT2D eigenvalue weighted by atomic mass is 79.9. The molecule has 1 aromatic rings. The second-order valence-corrected chi connectivity index (χ2v) is 6.70. The number of hydrogen-bond acceptors (Lipinski definition) is 2. The van der Waals surface area contributed by atoms with E-state index in [0.717, 1.165) is 29.7 Å². The Balaban J connectivity index is 2.49. The van der Waals surface area contributed by atoms with Crippen molar-refractivity contribution in [3.63, 3.8) is 0 Å². The van der Waals surface area contributed by atoms with Gasteiger partial charge < -0.3 is 10.0 Å². The van der Waals surface area contributed by atoms with Gasteiger partial charge in [-0.2, -0.15) is 0 Å². The first-order valence-electron chi connectivity index (χ1n) is 8.33. The monoisotopic (exact) mass is 355 g/mol. The second kappa shape index (κ2) is 11.2. The fourth-order valence-corrected chi connectivity index (χ4v) is 2.76. The Labute approximate surface area is 138 Å². The van der Waals surface area contributed by atoms with E-state index in [2.05, 4.69) is 34.7 Å². The molecule has 0 aromatic heterocycles. The zero-order chi connectivity index (χ0) is 15.5. The molecule has 0 bridgehead atoms. The predicted octanol–water partition coefficient (Wildman–Crippen LogP) is 5.16. The Morgan fingerprint density at radius 3 is 1.95 bits per heavy atom. The molecule has 0 saturated heterocycles. The molecular formula is C18H30BrNO. The summed E-state index contributed by atoms with van der Waals surface area (Å²) >= 11 is 3.44. The van der Waals surface area contributed by atoms with Gasteiger partial charge in [0.2, 0.25) is 0 Å². The number of nitrogens with zero attached hydrogens (tertiary/aromatic N) is 1. The van der Waals surface area contributed by atoms with Crippen molar-refractivity contribution >= 4 is 15.9 Å². The van der Waals surface area contributed by atoms with Crippen LogP contribution in [0.3, 0.4) is 0 Å². The summed E-state index contributed by atoms with van der Waals surface area (Å²) in [6.07, 6.45) is 7.13. The van der Waals surface area contributed by atoms with Gasteiger partial charge in [0, 0.05) is 11.0 Å². The standard InChI is InChI=1S/C18H30BrNO/c1-3-5-7-13-20(14-8-6-4-2)15-18(21)16-9-11-17(19)12-10-16/h9-12,18,21H,3-8,13-15H2,1-2H3/t18-/m0/s1. The summed E-state index contributed by atoms with van der Waals surface area (Å²) in [5.74, 6) is 0. The van der Waals surface area contributed by atoms with Gasteiger partial charge in [0.15, 0.2) is 0 Å². The predicted molar refractivity (Wildman–Crippen MR) is 94.6 cm³/mol. The van der Waals surface area contributed by atoms with Gasteiger partial charge in [-0.3, -0.25) is 0 Å². The molecule has 0 spiro atoms. The van der Waals surface area contributed by atoms with Gasteiger partial charge in [-0.15, -0.1) is 0 Å². The number of hydrogen-bond donors (Lipinski definition) is 1. The van der Waals surface area contributed by atoms with E-state index in [1.165, 1.54) is 38.5 Å². The highest BCUT2D eigenvalue weighted by Gasteiger charge is 2.13. The lowest BCUT2D eigenvalue weighted by atomic mass is 10.1. The van der Waals surface area contributed by atoms with Crippen LogP contribution in [0.2, 0.25) is 0 Å². The quantitative estimate of drug-likeness (QED) is 0.553. The Bertz CT molecular complexity index is 356. The number of rotatable bonds is 11. The summed E-state index contributed by atoms with van der Waals surface area (Å²) < 4.78 is 1.06. The number of halogens is 1. The molecule has 0 radical (unpaired) electrons. The Kier molecular flexibility index (Phi) is 9.98. The van der Waals surface area contributed by atoms with Crippen LogP contribution in [0, 0.1) is 0 Å². The van der Waals surface area contributed by atoms with Crippen molar-refractivity contribution in [3.05, 3.63) is 34.3 Å². The van der Waals surface area contributed by atoms with Gasteiger partial charge in [0.25, 0.3) is 0 Å². The minimum Gasteiger partial charge on any atom is -0.387 e. The average molecular weight is 356 g/mol. The van der Waals surface area contributed by atoms with E-state index in [-0.39, 0.29) is 6.10 Å². The zero-order valence-electron chi connectivity index (χ0n) is 13.5. The molecule has 0 aliphatic heterocycles. The summed E-state index contributed by atoms with van der Waals surface area (Å²) in [5.41, 5.74) is 1.01. The van der Waals surface area contributed by atoms with Gasteiger partial charge in [-0.05, 0) is 43.6 Å². The van der Waals surface area contributed by atoms with Gasteiger partial charge >= 0.3 is 0 Å². The maximum atomic E-state index is 10.4. The van der Waals surface area contributed by atoms with Crippen molar-refractivity contribution in [3.8, 4) is 0 Å². The van der Waals surface area contributed by atoms with Gasteiger partial charge in [0.1, 0.15) is 0 Å². The lowest BCUT2D eigenvalue weighted by molar-refractivity contribution is 0.110. The molecule has 0 amide bonds. The minimum absolute atomic E-state index is 0.388. The van der Waals surface area contributed by atoms with Crippen molar-refractivity contribution in [1.82, 2.24) is 4.90 Å². The molecule has 0 aliphatic rings. The largest absolute Gasteiger partial charge is 0.387 e. The molecular weight excluding hydrogens is 326 g/mol. The lowest BCUT2D eigenvalue weighted by Gasteiger charge is -2.25. The molecule has 1 rings (SSSR count). The van der Waals surface area contributed by atoms with Crippen LogP contribution < -0.4 is 0 Å². The summed E-state index contributed by atoms with van der Waals surface area (Å²) in [5, 5.41) is 10.4. The molecule has 1 atom stereocenters. The van der Waals surface area contributed by atoms with Crippen LogP contribution in [0.15, 0.2) is 28.7 Å². The topological polar surface area (TPSA) is 23.5 Å². The van der Waals surface area contributed by atoms with Crippen molar-refractivity contribution < 1.29 is 5.11 Å². The van der Waals surface area contributed by atoms with E-state index < -0.39 is 0 Å². The highest BCUT2D eigenvalue weighted by Crippen LogP contribution is 2.18. The molecule has 0 unspecified atom stereocenters. The Hall–Kier alpha value is -0.380. The summed E-state index contributed by atoms with van der Waals surface area (Å²) in [6, 6.07) is 8.00. The van der Waals surface area contributed by atoms with E-state index >= 15 is 0 Å². The minimum atomic E-state index is -0.388. The van der Waals surface area contributed by atoms with Crippen LogP contribution in [-0.2, 0) is 0 Å². The first-order valence-corrected chi connectivity index (χ1v) is 9.12. The summed E-state index contributed by atoms with van der Waals surface area (Å²) in [6.45, 7) is 7.42. The van der Waals surface area contributed by atoms with Crippen molar-refractivity contribution in [2.24, 2.45) is 0 Å². The van der Waals surface area contributed by atoms with Crippen LogP contribution in [0.5, 0.6) is 0 Å². The molecule has 21 heavy (non-hydrogen) atoms. The SMILES string of the molecule is CCCCCN(CCCCC)C[C@H](O)c1ccc(Br)cc1. The maximum absolute atomic E-state index is 10.4. The molecule has 0 aliphatic carbocycles. The van der Waals surface area contributed by atoms with Crippen molar-refractivity contribution in [2.45, 2.75) is 58.5 Å². The number of aliphatic hydroxyl groups excluding tert-OH is 1. The third-order valence-electron chi connectivity index (χ3n) is 3.84. The molecule has 0 heterocycles. The van der Waals surface area contributed by atoms with Gasteiger partial charge in [-0.1, -0.05) is 67.6 Å². The van der Waals surface area contributed by atoms with Gasteiger partial charge in [-0.25, -0.2) is 0 Å². The maximum Gasteiger partial charge on any atom is 0.0916 e. The smallest absolute Gasteiger partial charge is 0.0916 e. The first-order chi connectivity index (χ1) is 10.2. The fraction of sp³-hybridized carbons (Fsp3) is 0.667. The van der Waals surface area contributed by atoms with Gasteiger partial charge in [0.05, 0.1) is 6.10 Å². The normalized spacial score (nSPS) is 12.8. The molecule has 0 fully saturated rings. The van der Waals surface area contributed by atoms with E-state index in [1.54, 1.807) is 0 Å². The number of aliphatic hydroxyl groups is 1. The number of benzene rings is 1. The molecule has 2 nitrogen and oxygen atoms in total. The summed E-state index contributed by atoms with van der Waals surface area (Å²) in [4.78, 5) is 2.43. The van der Waals surface area contributed by atoms with E-state index in [4.69, 9.17) is 0 Å². The average Bonchev–Trinajstić information content (AvgIpc) is 2.48. The van der Waals surface area contributed by atoms with Crippen LogP contribution >= 0.6 is 15.9 Å². The van der Waals surface area contributed by atoms with E-state index in [0.29, 0.717) is 0 Å². The molecule has 1 N–H and O–H groups in total. The van der Waals surface area contributed by atoms with Crippen LogP contribution in [0.4, 0.5) is 0 Å². The van der Waals surface area contributed by atoms with Crippen molar-refractivity contribution in [1.29, 1.82) is 0 Å². The fourth-order valence-electron chi connectivity index (χ4n) is 2.50. The van der Waals surface area contributed by atoms with Crippen LogP contribution in [-0.4, -0.2) is 29.6 Å². The third kappa shape index (κ3) is 7.98. The molecule has 120 valence electrons. The van der Waals surface area contributed by atoms with Crippen molar-refractivity contribution in [2.75, 3.05) is 19.6 Å². The summed E-state index contributed by atoms with van der Waals surface area (Å²) in [7, 11) is 0. The third-order valence-corrected chi connectivity index (χ3v) is 4.37. The lowest BCUT2D eigenvalue weighted by Crippen LogP contribution is -2.30. The molecule has 3 heteroatoms. The molecule has 0 saturated carbocycles. The molecule has 1 aromatic carbocycles. The second-order valence-electron chi connectivity index (χ2n) is 5.78. The Morgan fingerprint density at radius 2 is 1.48 bits per heavy atom. The Morgan fingerprint density at radius 1 is 0.952 bits per heavy atom. The van der Waals surface area contributed by atoms with Crippen LogP contribution in [0.1, 0.15) is 64.0 Å². The zero-order valence-corrected chi connectivity index (χ0v) is 15.1. The van der Waals surface area contributed by atoms with E-state index in [1.807, 2.05) is 24.3 Å². The van der Waals surface area contributed by atoms with E-state index in [9.17, 15) is 5.11 Å². The number of unbranched alkanes of at least 4 members (excludes halogenated alkanes) is 4. The highest BCUT2D eigenvalue weighted by molar-refractivity contribution is 9.10. The first kappa shape index (κ1) is 18.7. The van der Waals surface area contributed by atoms with Crippen LogP contribution in [0.25, 0.3) is 0 Å².